The molecule has 1 aromatic heterocycles. The number of hydrogen-bond donors (Lipinski definition) is 1. The lowest BCUT2D eigenvalue weighted by molar-refractivity contribution is 0.700. The van der Waals surface area contributed by atoms with Crippen molar-refractivity contribution >= 4 is 22.6 Å². The highest BCUT2D eigenvalue weighted by Crippen LogP contribution is 2.21. The van der Waals surface area contributed by atoms with E-state index in [4.69, 9.17) is 11.6 Å². The Morgan fingerprint density at radius 1 is 1.33 bits per heavy atom. The van der Waals surface area contributed by atoms with E-state index < -0.39 is 0 Å². The van der Waals surface area contributed by atoms with Gasteiger partial charge in [0.1, 0.15) is 11.3 Å². The molecule has 0 spiro atoms. The first-order valence-electron chi connectivity index (χ1n) is 5.44. The summed E-state index contributed by atoms with van der Waals surface area (Å²) in [5, 5.41) is 0.727. The maximum Gasteiger partial charge on any atom is 0.107 e. The van der Waals surface area contributed by atoms with Gasteiger partial charge in [0.2, 0.25) is 0 Å². The van der Waals surface area contributed by atoms with Crippen LogP contribution in [-0.2, 0) is 6.42 Å². The number of hydrogen-bond acceptors (Lipinski definition) is 1. The van der Waals surface area contributed by atoms with Crippen molar-refractivity contribution in [2.45, 2.75) is 32.6 Å². The van der Waals surface area contributed by atoms with Gasteiger partial charge < -0.3 is 4.98 Å². The van der Waals surface area contributed by atoms with Crippen LogP contribution in [0.3, 0.4) is 0 Å². The lowest BCUT2D eigenvalue weighted by Gasteiger charge is -1.93. The number of nitrogens with zero attached hydrogens (tertiary/aromatic N) is 1. The van der Waals surface area contributed by atoms with Crippen molar-refractivity contribution in [2.75, 3.05) is 0 Å². The van der Waals surface area contributed by atoms with Gasteiger partial charge in [-0.25, -0.2) is 4.98 Å². The van der Waals surface area contributed by atoms with E-state index in [0.717, 1.165) is 28.3 Å². The van der Waals surface area contributed by atoms with Crippen molar-refractivity contribution < 1.29 is 0 Å². The third-order valence-electron chi connectivity index (χ3n) is 2.53. The summed E-state index contributed by atoms with van der Waals surface area (Å²) in [7, 11) is 0. The van der Waals surface area contributed by atoms with Gasteiger partial charge in [0.25, 0.3) is 0 Å². The molecule has 80 valence electrons. The van der Waals surface area contributed by atoms with E-state index in [-0.39, 0.29) is 0 Å². The maximum absolute atomic E-state index is 6.05. The SMILES string of the molecule is CCCCCc1nc2c(Cl)cccc2[nH]1. The topological polar surface area (TPSA) is 28.7 Å². The molecular formula is C12H15ClN2. The Morgan fingerprint density at radius 2 is 2.20 bits per heavy atom. The fourth-order valence-corrected chi connectivity index (χ4v) is 1.93. The summed E-state index contributed by atoms with van der Waals surface area (Å²) in [6, 6.07) is 5.83. The Morgan fingerprint density at radius 3 is 2.93 bits per heavy atom. The fourth-order valence-electron chi connectivity index (χ4n) is 1.71. The van der Waals surface area contributed by atoms with E-state index in [2.05, 4.69) is 16.9 Å². The van der Waals surface area contributed by atoms with Crippen LogP contribution in [0.2, 0.25) is 5.02 Å². The smallest absolute Gasteiger partial charge is 0.107 e. The number of rotatable bonds is 4. The van der Waals surface area contributed by atoms with Crippen LogP contribution in [0.5, 0.6) is 0 Å². The molecule has 3 heteroatoms. The molecule has 2 nitrogen and oxygen atoms in total. The van der Waals surface area contributed by atoms with Gasteiger partial charge in [-0.2, -0.15) is 0 Å². The molecule has 2 aromatic rings. The van der Waals surface area contributed by atoms with Gasteiger partial charge in [-0.1, -0.05) is 37.4 Å². The van der Waals surface area contributed by atoms with Crippen LogP contribution in [0, 0.1) is 0 Å². The minimum atomic E-state index is 0.727. The number of para-hydroxylation sites is 1. The summed E-state index contributed by atoms with van der Waals surface area (Å²) in [6.45, 7) is 2.20. The minimum Gasteiger partial charge on any atom is -0.342 e. The molecule has 0 atom stereocenters. The Labute approximate surface area is 94.7 Å². The summed E-state index contributed by atoms with van der Waals surface area (Å²) in [4.78, 5) is 7.80. The molecule has 0 bridgehead atoms. The quantitative estimate of drug-likeness (QED) is 0.780. The number of aromatic nitrogens is 2. The van der Waals surface area contributed by atoms with E-state index in [1.165, 1.54) is 19.3 Å². The number of nitrogens with one attached hydrogen (secondary N) is 1. The van der Waals surface area contributed by atoms with Gasteiger partial charge in [0.05, 0.1) is 10.5 Å². The predicted molar refractivity (Wildman–Crippen MR) is 64.3 cm³/mol. The third kappa shape index (κ3) is 2.32. The van der Waals surface area contributed by atoms with Gasteiger partial charge in [-0.15, -0.1) is 0 Å². The zero-order valence-corrected chi connectivity index (χ0v) is 9.64. The molecule has 0 aliphatic heterocycles. The van der Waals surface area contributed by atoms with E-state index in [1.807, 2.05) is 18.2 Å². The molecule has 0 unspecified atom stereocenters. The third-order valence-corrected chi connectivity index (χ3v) is 2.83. The van der Waals surface area contributed by atoms with Crippen molar-refractivity contribution in [2.24, 2.45) is 0 Å². The van der Waals surface area contributed by atoms with Crippen LogP contribution in [0.4, 0.5) is 0 Å². The highest BCUT2D eigenvalue weighted by molar-refractivity contribution is 6.34. The number of aryl methyl sites for hydroxylation is 1. The van der Waals surface area contributed by atoms with Crippen LogP contribution in [0.25, 0.3) is 11.0 Å². The van der Waals surface area contributed by atoms with Gasteiger partial charge in [-0.3, -0.25) is 0 Å². The molecule has 2 rings (SSSR count). The Kier molecular flexibility index (Phi) is 3.27. The Hall–Kier alpha value is -1.02. The largest absolute Gasteiger partial charge is 0.342 e. The summed E-state index contributed by atoms with van der Waals surface area (Å²) in [6.07, 6.45) is 4.69. The van der Waals surface area contributed by atoms with E-state index in [1.54, 1.807) is 0 Å². The second-order valence-corrected chi connectivity index (χ2v) is 4.18. The molecule has 0 fully saturated rings. The molecule has 1 heterocycles. The summed E-state index contributed by atoms with van der Waals surface area (Å²) < 4.78 is 0. The zero-order valence-electron chi connectivity index (χ0n) is 8.89. The lowest BCUT2D eigenvalue weighted by atomic mass is 10.2. The van der Waals surface area contributed by atoms with Gasteiger partial charge >= 0.3 is 0 Å². The number of aromatic amines is 1. The predicted octanol–water partition coefficient (Wildman–Crippen LogP) is 3.95. The normalized spacial score (nSPS) is 11.1. The molecule has 1 aromatic carbocycles. The maximum atomic E-state index is 6.05. The van der Waals surface area contributed by atoms with Crippen LogP contribution in [0.15, 0.2) is 18.2 Å². The van der Waals surface area contributed by atoms with E-state index in [0.29, 0.717) is 0 Å². The summed E-state index contributed by atoms with van der Waals surface area (Å²) >= 11 is 6.05. The van der Waals surface area contributed by atoms with Crippen LogP contribution < -0.4 is 0 Å². The van der Waals surface area contributed by atoms with Crippen molar-refractivity contribution in [3.8, 4) is 0 Å². The van der Waals surface area contributed by atoms with Gasteiger partial charge in [-0.05, 0) is 18.6 Å². The standard InChI is InChI=1S/C12H15ClN2/c1-2-3-4-8-11-14-10-7-5-6-9(13)12(10)15-11/h5-7H,2-4,8H2,1H3,(H,14,15). The molecule has 1 N–H and O–H groups in total. The minimum absolute atomic E-state index is 0.727. The lowest BCUT2D eigenvalue weighted by Crippen LogP contribution is -1.87. The first-order valence-corrected chi connectivity index (χ1v) is 5.82. The van der Waals surface area contributed by atoms with Crippen molar-refractivity contribution in [3.63, 3.8) is 0 Å². The monoisotopic (exact) mass is 222 g/mol. The second kappa shape index (κ2) is 4.67. The number of imidazole rings is 1. The molecule has 0 radical (unpaired) electrons. The fraction of sp³-hybridized carbons (Fsp3) is 0.417. The van der Waals surface area contributed by atoms with Crippen molar-refractivity contribution in [1.29, 1.82) is 0 Å². The van der Waals surface area contributed by atoms with Crippen LogP contribution in [0.1, 0.15) is 32.0 Å². The molecule has 0 saturated carbocycles. The zero-order chi connectivity index (χ0) is 10.7. The first kappa shape index (κ1) is 10.5. The molecule has 0 amide bonds. The number of fused-ring (bicyclic) bond motifs is 1. The van der Waals surface area contributed by atoms with Crippen molar-refractivity contribution in [3.05, 3.63) is 29.0 Å². The Bertz CT molecular complexity index is 448. The average molecular weight is 223 g/mol. The highest BCUT2D eigenvalue weighted by Gasteiger charge is 2.04. The molecular weight excluding hydrogens is 208 g/mol. The van der Waals surface area contributed by atoms with E-state index in [9.17, 15) is 0 Å². The van der Waals surface area contributed by atoms with Gasteiger partial charge in [0.15, 0.2) is 0 Å². The van der Waals surface area contributed by atoms with Crippen LogP contribution in [-0.4, -0.2) is 9.97 Å². The number of H-pyrrole nitrogens is 1. The molecule has 0 aliphatic rings. The number of benzene rings is 1. The molecule has 0 aliphatic carbocycles. The highest BCUT2D eigenvalue weighted by atomic mass is 35.5. The first-order chi connectivity index (χ1) is 7.31. The van der Waals surface area contributed by atoms with Crippen LogP contribution >= 0.6 is 11.6 Å². The summed E-state index contributed by atoms with van der Waals surface area (Å²) in [5.41, 5.74) is 1.93. The van der Waals surface area contributed by atoms with Crippen molar-refractivity contribution in [1.82, 2.24) is 9.97 Å². The Balaban J connectivity index is 2.20. The number of unbranched alkanes of at least 4 members (excludes halogenated alkanes) is 2. The summed E-state index contributed by atoms with van der Waals surface area (Å²) in [5.74, 6) is 1.05. The van der Waals surface area contributed by atoms with Gasteiger partial charge in [0, 0.05) is 6.42 Å². The number of halogens is 1. The second-order valence-electron chi connectivity index (χ2n) is 3.78. The average Bonchev–Trinajstić information content (AvgIpc) is 2.63. The molecule has 15 heavy (non-hydrogen) atoms. The molecule has 0 saturated heterocycles. The van der Waals surface area contributed by atoms with E-state index >= 15 is 0 Å².